The van der Waals surface area contributed by atoms with Crippen molar-refractivity contribution >= 4 is 17.8 Å². The van der Waals surface area contributed by atoms with Crippen molar-refractivity contribution < 1.29 is 24.6 Å². The van der Waals surface area contributed by atoms with Crippen LogP contribution in [0.2, 0.25) is 0 Å². The number of rotatable bonds is 13. The van der Waals surface area contributed by atoms with Gasteiger partial charge in [0.1, 0.15) is 6.04 Å². The molecule has 0 aromatic heterocycles. The summed E-state index contributed by atoms with van der Waals surface area (Å²) in [5, 5.41) is 23.6. The molecule has 0 radical (unpaired) electrons. The van der Waals surface area contributed by atoms with Crippen LogP contribution < -0.4 is 10.6 Å². The molecule has 0 aliphatic heterocycles. The summed E-state index contributed by atoms with van der Waals surface area (Å²) in [5.41, 5.74) is 0. The lowest BCUT2D eigenvalue weighted by atomic mass is 9.91. The summed E-state index contributed by atoms with van der Waals surface area (Å²) in [5.74, 6) is -2.59. The Balaban J connectivity index is 0.000000339. The number of amides is 1. The molecule has 0 aromatic rings. The molecule has 7 heteroatoms. The highest BCUT2D eigenvalue weighted by Crippen LogP contribution is 2.22. The number of hydrogen-bond acceptors (Lipinski definition) is 4. The molecule has 2 saturated carbocycles. The SMILES string of the molecule is C1CCC(NC2CCCCC2)CC1.CCCCCCCC(=O)NC(CCC(=O)O)C(=O)O. The molecule has 32 heavy (non-hydrogen) atoms. The lowest BCUT2D eigenvalue weighted by molar-refractivity contribution is -0.143. The molecule has 1 unspecified atom stereocenters. The summed E-state index contributed by atoms with van der Waals surface area (Å²) >= 11 is 0. The van der Waals surface area contributed by atoms with Crippen molar-refractivity contribution in [3.05, 3.63) is 0 Å². The Kier molecular flexibility index (Phi) is 15.9. The molecule has 0 saturated heterocycles. The van der Waals surface area contributed by atoms with Gasteiger partial charge in [0.25, 0.3) is 0 Å². The van der Waals surface area contributed by atoms with Gasteiger partial charge in [0.2, 0.25) is 5.91 Å². The van der Waals surface area contributed by atoms with Gasteiger partial charge in [-0.1, -0.05) is 71.1 Å². The van der Waals surface area contributed by atoms with Crippen molar-refractivity contribution in [1.82, 2.24) is 10.6 Å². The smallest absolute Gasteiger partial charge is 0.326 e. The third kappa shape index (κ3) is 14.4. The molecule has 1 amide bonds. The first kappa shape index (κ1) is 28.4. The van der Waals surface area contributed by atoms with E-state index >= 15 is 0 Å². The first-order valence-corrected chi connectivity index (χ1v) is 12.9. The predicted octanol–water partition coefficient (Wildman–Crippen LogP) is 5.02. The standard InChI is InChI=1S/C13H23NO5.C12H23N/c1-2-3-4-5-6-7-11(15)14-10(13(18)19)8-9-12(16)17;1-3-7-11(8-4-1)13-12-9-5-2-6-10-12/h10H,2-9H2,1H3,(H,14,15)(H,16,17)(H,18,19);11-13H,1-10H2. The van der Waals surface area contributed by atoms with Gasteiger partial charge < -0.3 is 20.8 Å². The van der Waals surface area contributed by atoms with Crippen LogP contribution in [-0.4, -0.2) is 46.2 Å². The van der Waals surface area contributed by atoms with Gasteiger partial charge in [-0.3, -0.25) is 9.59 Å². The van der Waals surface area contributed by atoms with Gasteiger partial charge in [-0.2, -0.15) is 0 Å². The second-order valence-corrected chi connectivity index (χ2v) is 9.39. The molecule has 186 valence electrons. The van der Waals surface area contributed by atoms with Crippen LogP contribution in [0.1, 0.15) is 122 Å². The van der Waals surface area contributed by atoms with Crippen LogP contribution >= 0.6 is 0 Å². The Hall–Kier alpha value is -1.63. The summed E-state index contributed by atoms with van der Waals surface area (Å²) in [6.07, 6.45) is 19.5. The Bertz CT molecular complexity index is 512. The molecular weight excluding hydrogens is 408 g/mol. The molecule has 0 aromatic carbocycles. The van der Waals surface area contributed by atoms with Gasteiger partial charge in [-0.05, 0) is 38.5 Å². The maximum atomic E-state index is 11.5. The van der Waals surface area contributed by atoms with E-state index in [1.165, 1.54) is 64.2 Å². The lowest BCUT2D eigenvalue weighted by Crippen LogP contribution is -2.41. The van der Waals surface area contributed by atoms with E-state index in [2.05, 4.69) is 17.6 Å². The van der Waals surface area contributed by atoms with Gasteiger partial charge >= 0.3 is 11.9 Å². The minimum Gasteiger partial charge on any atom is -0.481 e. The first-order valence-electron chi connectivity index (χ1n) is 12.9. The third-order valence-electron chi connectivity index (χ3n) is 6.47. The Morgan fingerprint density at radius 2 is 1.31 bits per heavy atom. The third-order valence-corrected chi connectivity index (χ3v) is 6.47. The van der Waals surface area contributed by atoms with Crippen molar-refractivity contribution in [3.8, 4) is 0 Å². The highest BCUT2D eigenvalue weighted by atomic mass is 16.4. The molecule has 2 rings (SSSR count). The Morgan fingerprint density at radius 1 is 0.781 bits per heavy atom. The van der Waals surface area contributed by atoms with E-state index in [1.807, 2.05) is 0 Å². The molecule has 0 spiro atoms. The normalized spacial score (nSPS) is 18.3. The number of carbonyl (C=O) groups is 3. The fourth-order valence-corrected chi connectivity index (χ4v) is 4.55. The van der Waals surface area contributed by atoms with E-state index in [0.29, 0.717) is 6.42 Å². The topological polar surface area (TPSA) is 116 Å². The number of carboxylic acids is 2. The van der Waals surface area contributed by atoms with Crippen LogP contribution in [0.3, 0.4) is 0 Å². The maximum Gasteiger partial charge on any atom is 0.326 e. The number of hydrogen-bond donors (Lipinski definition) is 4. The molecule has 7 nitrogen and oxygen atoms in total. The van der Waals surface area contributed by atoms with Gasteiger partial charge in [-0.15, -0.1) is 0 Å². The fourth-order valence-electron chi connectivity index (χ4n) is 4.55. The second kappa shape index (κ2) is 17.9. The summed E-state index contributed by atoms with van der Waals surface area (Å²) in [7, 11) is 0. The zero-order valence-corrected chi connectivity index (χ0v) is 20.1. The summed E-state index contributed by atoms with van der Waals surface area (Å²) < 4.78 is 0. The zero-order chi connectivity index (χ0) is 23.6. The second-order valence-electron chi connectivity index (χ2n) is 9.39. The largest absolute Gasteiger partial charge is 0.481 e. The molecule has 1 atom stereocenters. The highest BCUT2D eigenvalue weighted by molar-refractivity contribution is 5.83. The van der Waals surface area contributed by atoms with Crippen LogP contribution in [0.5, 0.6) is 0 Å². The van der Waals surface area contributed by atoms with Crippen molar-refractivity contribution in [1.29, 1.82) is 0 Å². The number of carbonyl (C=O) groups excluding carboxylic acids is 1. The Labute approximate surface area is 194 Å². The van der Waals surface area contributed by atoms with Gasteiger partial charge in [0, 0.05) is 24.9 Å². The molecule has 4 N–H and O–H groups in total. The number of nitrogens with one attached hydrogen (secondary N) is 2. The highest BCUT2D eigenvalue weighted by Gasteiger charge is 2.21. The number of carboxylic acid groups (broad SMARTS) is 2. The lowest BCUT2D eigenvalue weighted by Gasteiger charge is -2.30. The average molecular weight is 455 g/mol. The number of unbranched alkanes of at least 4 members (excludes halogenated alkanes) is 4. The molecule has 2 aliphatic carbocycles. The zero-order valence-electron chi connectivity index (χ0n) is 20.1. The van der Waals surface area contributed by atoms with E-state index in [9.17, 15) is 14.4 Å². The molecule has 0 bridgehead atoms. The average Bonchev–Trinajstić information content (AvgIpc) is 2.78. The fraction of sp³-hybridized carbons (Fsp3) is 0.880. The van der Waals surface area contributed by atoms with E-state index in [4.69, 9.17) is 10.2 Å². The summed E-state index contributed by atoms with van der Waals surface area (Å²) in [6, 6.07) is 0.632. The van der Waals surface area contributed by atoms with E-state index in [-0.39, 0.29) is 18.7 Å². The van der Waals surface area contributed by atoms with E-state index < -0.39 is 18.0 Å². The van der Waals surface area contributed by atoms with E-state index in [1.54, 1.807) is 0 Å². The first-order chi connectivity index (χ1) is 15.4. The van der Waals surface area contributed by atoms with Crippen molar-refractivity contribution in [2.75, 3.05) is 0 Å². The quantitative estimate of drug-likeness (QED) is 0.290. The van der Waals surface area contributed by atoms with Crippen LogP contribution in [0.4, 0.5) is 0 Å². The molecule has 2 fully saturated rings. The summed E-state index contributed by atoms with van der Waals surface area (Å²) in [6.45, 7) is 2.10. The predicted molar refractivity (Wildman–Crippen MR) is 127 cm³/mol. The van der Waals surface area contributed by atoms with Crippen molar-refractivity contribution in [2.45, 2.75) is 141 Å². The van der Waals surface area contributed by atoms with Gasteiger partial charge in [-0.25, -0.2) is 4.79 Å². The number of aliphatic carboxylic acids is 2. The molecule has 0 heterocycles. The minimum absolute atomic E-state index is 0.0910. The maximum absolute atomic E-state index is 11.5. The van der Waals surface area contributed by atoms with Crippen LogP contribution in [-0.2, 0) is 14.4 Å². The van der Waals surface area contributed by atoms with Crippen molar-refractivity contribution in [2.24, 2.45) is 0 Å². The summed E-state index contributed by atoms with van der Waals surface area (Å²) in [4.78, 5) is 32.7. The Morgan fingerprint density at radius 3 is 1.78 bits per heavy atom. The molecule has 2 aliphatic rings. The van der Waals surface area contributed by atoms with Crippen molar-refractivity contribution in [3.63, 3.8) is 0 Å². The van der Waals surface area contributed by atoms with Crippen LogP contribution in [0.15, 0.2) is 0 Å². The van der Waals surface area contributed by atoms with Gasteiger partial charge in [0.15, 0.2) is 0 Å². The van der Waals surface area contributed by atoms with Crippen LogP contribution in [0, 0.1) is 0 Å². The van der Waals surface area contributed by atoms with E-state index in [0.717, 1.165) is 44.2 Å². The minimum atomic E-state index is -1.19. The molecular formula is C25H46N2O5. The van der Waals surface area contributed by atoms with Crippen LogP contribution in [0.25, 0.3) is 0 Å². The monoisotopic (exact) mass is 454 g/mol. The van der Waals surface area contributed by atoms with Gasteiger partial charge in [0.05, 0.1) is 0 Å².